The molecule has 4 heteroatoms. The number of carbonyl (C=O) groups is 1. The van der Waals surface area contributed by atoms with Gasteiger partial charge in [0.05, 0.1) is 12.5 Å². The first-order chi connectivity index (χ1) is 9.70. The number of hydrogen-bond donors (Lipinski definition) is 2. The van der Waals surface area contributed by atoms with Gasteiger partial charge >= 0.3 is 0 Å². The van der Waals surface area contributed by atoms with Gasteiger partial charge < -0.3 is 10.4 Å². The zero-order chi connectivity index (χ0) is 14.4. The van der Waals surface area contributed by atoms with Crippen LogP contribution in [0.1, 0.15) is 44.3 Å². The first-order valence-electron chi connectivity index (χ1n) is 7.34. The maximum absolute atomic E-state index is 12.1. The molecule has 1 aliphatic rings. The van der Waals surface area contributed by atoms with Crippen LogP contribution in [0.15, 0.2) is 30.3 Å². The molecule has 2 rings (SSSR count). The van der Waals surface area contributed by atoms with Gasteiger partial charge in [-0.1, -0.05) is 43.7 Å². The van der Waals surface area contributed by atoms with E-state index in [-0.39, 0.29) is 18.4 Å². The fourth-order valence-corrected chi connectivity index (χ4v) is 3.94. The van der Waals surface area contributed by atoms with Gasteiger partial charge in [-0.05, 0) is 24.2 Å². The van der Waals surface area contributed by atoms with Crippen molar-refractivity contribution in [3.8, 4) is 0 Å². The van der Waals surface area contributed by atoms with Gasteiger partial charge in [0.1, 0.15) is 0 Å². The lowest BCUT2D eigenvalue weighted by atomic mass is 10.1. The Morgan fingerprint density at radius 2 is 2.15 bits per heavy atom. The molecule has 0 bridgehead atoms. The fraction of sp³-hybridized carbons (Fsp3) is 0.562. The van der Waals surface area contributed by atoms with Crippen LogP contribution < -0.4 is 5.32 Å². The zero-order valence-electron chi connectivity index (χ0n) is 11.9. The van der Waals surface area contributed by atoms with Gasteiger partial charge in [-0.2, -0.15) is 11.8 Å². The first-order valence-corrected chi connectivity index (χ1v) is 8.39. The molecule has 3 atom stereocenters. The average Bonchev–Trinajstić information content (AvgIpc) is 2.87. The van der Waals surface area contributed by atoms with Gasteiger partial charge in [0, 0.05) is 11.3 Å². The number of rotatable bonds is 6. The maximum Gasteiger partial charge on any atom is 0.223 e. The van der Waals surface area contributed by atoms with Crippen molar-refractivity contribution in [3.63, 3.8) is 0 Å². The summed E-state index contributed by atoms with van der Waals surface area (Å²) in [5, 5.41) is 13.7. The van der Waals surface area contributed by atoms with Gasteiger partial charge in [-0.15, -0.1) is 0 Å². The summed E-state index contributed by atoms with van der Waals surface area (Å²) in [6.07, 6.45) is 2.86. The van der Waals surface area contributed by atoms with Crippen molar-refractivity contribution >= 4 is 17.7 Å². The monoisotopic (exact) mass is 293 g/mol. The second-order valence-electron chi connectivity index (χ2n) is 5.23. The van der Waals surface area contributed by atoms with Crippen LogP contribution in [0.3, 0.4) is 0 Å². The Morgan fingerprint density at radius 3 is 2.85 bits per heavy atom. The third-order valence-corrected chi connectivity index (χ3v) is 5.07. The number of benzene rings is 1. The summed E-state index contributed by atoms with van der Waals surface area (Å²) in [6, 6.07) is 9.63. The van der Waals surface area contributed by atoms with Crippen molar-refractivity contribution in [3.05, 3.63) is 35.9 Å². The lowest BCUT2D eigenvalue weighted by Gasteiger charge is -2.21. The summed E-state index contributed by atoms with van der Waals surface area (Å²) < 4.78 is 0. The number of nitrogens with one attached hydrogen (secondary N) is 1. The summed E-state index contributed by atoms with van der Waals surface area (Å²) in [7, 11) is 0. The summed E-state index contributed by atoms with van der Waals surface area (Å²) in [6.45, 7) is 2.15. The van der Waals surface area contributed by atoms with Crippen molar-refractivity contribution in [1.82, 2.24) is 5.32 Å². The predicted molar refractivity (Wildman–Crippen MR) is 83.7 cm³/mol. The SMILES string of the molecule is CCSC1CCCC1NC(=O)CC(O)c1ccccc1. The summed E-state index contributed by atoms with van der Waals surface area (Å²) in [5.74, 6) is 1.04. The van der Waals surface area contributed by atoms with Crippen molar-refractivity contribution in [2.75, 3.05) is 5.75 Å². The zero-order valence-corrected chi connectivity index (χ0v) is 12.7. The number of thioether (sulfide) groups is 1. The Balaban J connectivity index is 1.83. The first kappa shape index (κ1) is 15.4. The highest BCUT2D eigenvalue weighted by atomic mass is 32.2. The van der Waals surface area contributed by atoms with Crippen molar-refractivity contribution in [2.24, 2.45) is 0 Å². The molecule has 0 radical (unpaired) electrons. The molecule has 1 saturated carbocycles. The molecule has 2 N–H and O–H groups in total. The quantitative estimate of drug-likeness (QED) is 0.848. The number of carbonyl (C=O) groups excluding carboxylic acids is 1. The Kier molecular flexibility index (Phi) is 5.92. The summed E-state index contributed by atoms with van der Waals surface area (Å²) in [5.41, 5.74) is 0.800. The van der Waals surface area contributed by atoms with Gasteiger partial charge in [0.2, 0.25) is 5.91 Å². The fourth-order valence-electron chi connectivity index (χ4n) is 2.74. The Bertz CT molecular complexity index is 424. The van der Waals surface area contributed by atoms with Gasteiger partial charge in [-0.3, -0.25) is 4.79 Å². The second-order valence-corrected chi connectivity index (χ2v) is 6.75. The topological polar surface area (TPSA) is 49.3 Å². The lowest BCUT2D eigenvalue weighted by Crippen LogP contribution is -2.39. The minimum atomic E-state index is -0.713. The summed E-state index contributed by atoms with van der Waals surface area (Å²) >= 11 is 1.93. The van der Waals surface area contributed by atoms with Crippen LogP contribution in [0.2, 0.25) is 0 Å². The van der Waals surface area contributed by atoms with E-state index in [1.807, 2.05) is 42.1 Å². The molecule has 1 fully saturated rings. The highest BCUT2D eigenvalue weighted by Crippen LogP contribution is 2.30. The molecule has 1 aliphatic carbocycles. The molecule has 0 spiro atoms. The highest BCUT2D eigenvalue weighted by molar-refractivity contribution is 7.99. The molecule has 1 aromatic rings. The van der Waals surface area contributed by atoms with E-state index >= 15 is 0 Å². The van der Waals surface area contributed by atoms with E-state index in [9.17, 15) is 9.90 Å². The molecule has 1 aromatic carbocycles. The predicted octanol–water partition coefficient (Wildman–Crippen LogP) is 2.90. The number of aliphatic hydroxyl groups is 1. The van der Waals surface area contributed by atoms with E-state index in [0.29, 0.717) is 5.25 Å². The third kappa shape index (κ3) is 4.25. The van der Waals surface area contributed by atoms with Crippen molar-refractivity contribution in [2.45, 2.75) is 50.0 Å². The van der Waals surface area contributed by atoms with Crippen LogP contribution in [0.25, 0.3) is 0 Å². The van der Waals surface area contributed by atoms with Crippen molar-refractivity contribution < 1.29 is 9.90 Å². The minimum absolute atomic E-state index is 0.0463. The van der Waals surface area contributed by atoms with Crippen LogP contribution in [-0.4, -0.2) is 28.1 Å². The summed E-state index contributed by atoms with van der Waals surface area (Å²) in [4.78, 5) is 12.1. The van der Waals surface area contributed by atoms with E-state index in [0.717, 1.165) is 17.7 Å². The Morgan fingerprint density at radius 1 is 1.40 bits per heavy atom. The Labute approximate surface area is 125 Å². The van der Waals surface area contributed by atoms with E-state index in [1.165, 1.54) is 12.8 Å². The van der Waals surface area contributed by atoms with Crippen molar-refractivity contribution in [1.29, 1.82) is 0 Å². The average molecular weight is 293 g/mol. The molecule has 0 aromatic heterocycles. The molecular weight excluding hydrogens is 270 g/mol. The highest BCUT2D eigenvalue weighted by Gasteiger charge is 2.28. The third-order valence-electron chi connectivity index (χ3n) is 3.74. The van der Waals surface area contributed by atoms with Gasteiger partial charge in [0.15, 0.2) is 0 Å². The number of hydrogen-bond acceptors (Lipinski definition) is 3. The smallest absolute Gasteiger partial charge is 0.223 e. The molecule has 0 aliphatic heterocycles. The van der Waals surface area contributed by atoms with E-state index < -0.39 is 6.10 Å². The standard InChI is InChI=1S/C16H23NO2S/c1-2-20-15-10-6-9-13(15)17-16(19)11-14(18)12-7-4-3-5-8-12/h3-5,7-8,13-15,18H,2,6,9-11H2,1H3,(H,17,19). The molecule has 1 amide bonds. The normalized spacial score (nSPS) is 23.5. The maximum atomic E-state index is 12.1. The van der Waals surface area contributed by atoms with E-state index in [4.69, 9.17) is 0 Å². The van der Waals surface area contributed by atoms with Crippen LogP contribution in [-0.2, 0) is 4.79 Å². The van der Waals surface area contributed by atoms with Gasteiger partial charge in [-0.25, -0.2) is 0 Å². The van der Waals surface area contributed by atoms with Crippen LogP contribution in [0, 0.1) is 0 Å². The molecule has 3 unspecified atom stereocenters. The largest absolute Gasteiger partial charge is 0.388 e. The molecule has 110 valence electrons. The Hall–Kier alpha value is -1.00. The van der Waals surface area contributed by atoms with Crippen LogP contribution in [0.5, 0.6) is 0 Å². The molecule has 20 heavy (non-hydrogen) atoms. The number of amides is 1. The molecular formula is C16H23NO2S. The second kappa shape index (κ2) is 7.70. The minimum Gasteiger partial charge on any atom is -0.388 e. The van der Waals surface area contributed by atoms with E-state index in [1.54, 1.807) is 0 Å². The number of aliphatic hydroxyl groups excluding tert-OH is 1. The molecule has 3 nitrogen and oxygen atoms in total. The van der Waals surface area contributed by atoms with Gasteiger partial charge in [0.25, 0.3) is 0 Å². The lowest BCUT2D eigenvalue weighted by molar-refractivity contribution is -0.123. The van der Waals surface area contributed by atoms with Crippen LogP contribution in [0.4, 0.5) is 0 Å². The van der Waals surface area contributed by atoms with Crippen LogP contribution >= 0.6 is 11.8 Å². The molecule has 0 saturated heterocycles. The molecule has 0 heterocycles. The van der Waals surface area contributed by atoms with E-state index in [2.05, 4.69) is 12.2 Å².